The van der Waals surface area contributed by atoms with Crippen molar-refractivity contribution < 1.29 is 14.7 Å². The lowest BCUT2D eigenvalue weighted by Crippen LogP contribution is -2.47. The fourth-order valence-electron chi connectivity index (χ4n) is 5.81. The second kappa shape index (κ2) is 8.75. The van der Waals surface area contributed by atoms with Crippen LogP contribution >= 0.6 is 11.3 Å². The Bertz CT molecular complexity index is 1450. The number of hydrogen-bond acceptors (Lipinski definition) is 9. The smallest absolute Gasteiger partial charge is 0.248 e. The third-order valence-electron chi connectivity index (χ3n) is 7.33. The Morgan fingerprint density at radius 3 is 2.56 bits per heavy atom. The fourth-order valence-corrected chi connectivity index (χ4v) is 6.43. The predicted octanol–water partition coefficient (Wildman–Crippen LogP) is 2.93. The van der Waals surface area contributed by atoms with Gasteiger partial charge in [0.2, 0.25) is 5.91 Å². The Hall–Kier alpha value is -3.70. The number of rotatable bonds is 5. The summed E-state index contributed by atoms with van der Waals surface area (Å²) in [5.74, 6) is -0.154. The molecule has 1 amide bonds. The lowest BCUT2D eigenvalue weighted by Gasteiger charge is -2.39. The number of nitrogens with zero attached hydrogens (tertiary/aromatic N) is 6. The van der Waals surface area contributed by atoms with Crippen molar-refractivity contribution in [2.24, 2.45) is 0 Å². The molecule has 2 unspecified atom stereocenters. The standard InChI is InChI=1S/C25H25N7O3S/c1-13(34)21-22(15-8-16-3-4-17(9-15)31(16)20(35)12-33)30-24-18(11-29-32(24)23(21)26)14-2-5-19(28-10-14)25-27-6-7-36-25/h2,5-7,10-11,15-17,33H,3-4,8-9,12,26H2,1H3/t15?,16-,17?/m1/s1. The number of anilines is 1. The average molecular weight is 504 g/mol. The van der Waals surface area contributed by atoms with Crippen LogP contribution in [0.4, 0.5) is 5.82 Å². The van der Waals surface area contributed by atoms with Crippen LogP contribution in [0.25, 0.3) is 27.5 Å². The SMILES string of the molecule is CC(=O)c1c(C2CC3CC[C@H](C2)N3C(=O)CO)nc2c(-c3ccc(-c4nccs4)nc3)cnn2c1N. The average Bonchev–Trinajstić information content (AvgIpc) is 3.62. The number of piperidine rings is 1. The van der Waals surface area contributed by atoms with Gasteiger partial charge in [0.1, 0.15) is 17.4 Å². The maximum absolute atomic E-state index is 12.7. The first-order chi connectivity index (χ1) is 17.5. The highest BCUT2D eigenvalue weighted by atomic mass is 32.1. The van der Waals surface area contributed by atoms with Crippen molar-refractivity contribution in [2.75, 3.05) is 12.3 Å². The first-order valence-corrected chi connectivity index (χ1v) is 12.8. The van der Waals surface area contributed by atoms with Crippen LogP contribution < -0.4 is 5.73 Å². The number of amides is 1. The van der Waals surface area contributed by atoms with Crippen molar-refractivity contribution in [3.05, 3.63) is 47.4 Å². The summed E-state index contributed by atoms with van der Waals surface area (Å²) in [4.78, 5) is 40.7. The number of aliphatic hydroxyl groups is 1. The molecule has 0 radical (unpaired) electrons. The quantitative estimate of drug-likeness (QED) is 0.396. The lowest BCUT2D eigenvalue weighted by molar-refractivity contribution is -0.138. The number of ketones is 1. The van der Waals surface area contributed by atoms with E-state index in [2.05, 4.69) is 15.1 Å². The van der Waals surface area contributed by atoms with Gasteiger partial charge in [0.15, 0.2) is 11.4 Å². The Morgan fingerprint density at radius 1 is 1.17 bits per heavy atom. The third-order valence-corrected chi connectivity index (χ3v) is 8.13. The van der Waals surface area contributed by atoms with Crippen molar-refractivity contribution in [2.45, 2.75) is 50.6 Å². The highest BCUT2D eigenvalue weighted by Gasteiger charge is 2.44. The Balaban J connectivity index is 1.42. The molecule has 0 saturated carbocycles. The molecule has 36 heavy (non-hydrogen) atoms. The van der Waals surface area contributed by atoms with Gasteiger partial charge < -0.3 is 15.7 Å². The number of Topliss-reactive ketones (excluding diaryl/α,β-unsaturated/α-hetero) is 1. The molecule has 4 aromatic heterocycles. The fraction of sp³-hybridized carbons (Fsp3) is 0.360. The van der Waals surface area contributed by atoms with Crippen LogP contribution in [0, 0.1) is 0 Å². The molecule has 2 bridgehead atoms. The number of thiazole rings is 1. The van der Waals surface area contributed by atoms with E-state index >= 15 is 0 Å². The van der Waals surface area contributed by atoms with Gasteiger partial charge in [-0.15, -0.1) is 11.3 Å². The van der Waals surface area contributed by atoms with Gasteiger partial charge in [-0.1, -0.05) is 6.07 Å². The molecule has 2 aliphatic heterocycles. The summed E-state index contributed by atoms with van der Waals surface area (Å²) in [5.41, 5.74) is 10.5. The zero-order chi connectivity index (χ0) is 25.0. The summed E-state index contributed by atoms with van der Waals surface area (Å²) < 4.78 is 1.52. The molecule has 6 heterocycles. The number of nitrogens with two attached hydrogens (primary N) is 1. The molecule has 10 nitrogen and oxygen atoms in total. The van der Waals surface area contributed by atoms with Gasteiger partial charge in [0, 0.05) is 46.9 Å². The van der Waals surface area contributed by atoms with Gasteiger partial charge in [-0.05, 0) is 38.7 Å². The second-order valence-corrected chi connectivity index (χ2v) is 10.3. The number of carbonyl (C=O) groups excluding carboxylic acids is 2. The molecule has 184 valence electrons. The van der Waals surface area contributed by atoms with Crippen LogP contribution in [0.1, 0.15) is 54.6 Å². The van der Waals surface area contributed by atoms with E-state index < -0.39 is 6.61 Å². The van der Waals surface area contributed by atoms with Crippen LogP contribution in [-0.4, -0.2) is 65.0 Å². The largest absolute Gasteiger partial charge is 0.387 e. The van der Waals surface area contributed by atoms with Crippen LogP contribution in [-0.2, 0) is 4.79 Å². The van der Waals surface area contributed by atoms with E-state index in [4.69, 9.17) is 10.7 Å². The van der Waals surface area contributed by atoms with E-state index in [1.54, 1.807) is 18.6 Å². The van der Waals surface area contributed by atoms with Crippen LogP contribution in [0.2, 0.25) is 0 Å². The minimum Gasteiger partial charge on any atom is -0.387 e. The summed E-state index contributed by atoms with van der Waals surface area (Å²) in [7, 11) is 0. The highest BCUT2D eigenvalue weighted by Crippen LogP contribution is 2.44. The number of aromatic nitrogens is 5. The molecule has 3 atom stereocenters. The number of carbonyl (C=O) groups is 2. The number of fused-ring (bicyclic) bond motifs is 3. The molecule has 11 heteroatoms. The zero-order valence-corrected chi connectivity index (χ0v) is 20.5. The minimum atomic E-state index is -0.484. The van der Waals surface area contributed by atoms with Crippen LogP contribution in [0.3, 0.4) is 0 Å². The van der Waals surface area contributed by atoms with E-state index in [1.165, 1.54) is 22.8 Å². The van der Waals surface area contributed by atoms with E-state index in [-0.39, 0.29) is 35.5 Å². The van der Waals surface area contributed by atoms with Gasteiger partial charge in [0.05, 0.1) is 23.1 Å². The Kier molecular flexibility index (Phi) is 5.53. The van der Waals surface area contributed by atoms with Gasteiger partial charge in [-0.25, -0.2) is 9.97 Å². The second-order valence-electron chi connectivity index (χ2n) is 9.39. The van der Waals surface area contributed by atoms with Crippen molar-refractivity contribution in [1.29, 1.82) is 0 Å². The van der Waals surface area contributed by atoms with E-state index in [0.29, 0.717) is 29.7 Å². The Labute approximate surface area is 210 Å². The molecule has 2 saturated heterocycles. The van der Waals surface area contributed by atoms with Gasteiger partial charge in [-0.3, -0.25) is 14.6 Å². The molecule has 0 aromatic carbocycles. The summed E-state index contributed by atoms with van der Waals surface area (Å²) in [6, 6.07) is 3.92. The van der Waals surface area contributed by atoms with E-state index in [9.17, 15) is 14.7 Å². The summed E-state index contributed by atoms with van der Waals surface area (Å²) in [6.45, 7) is 1.01. The molecule has 0 aliphatic carbocycles. The minimum absolute atomic E-state index is 0.0235. The van der Waals surface area contributed by atoms with E-state index in [0.717, 1.165) is 34.7 Å². The zero-order valence-electron chi connectivity index (χ0n) is 19.7. The van der Waals surface area contributed by atoms with Gasteiger partial charge in [0.25, 0.3) is 0 Å². The molecular weight excluding hydrogens is 478 g/mol. The first kappa shape index (κ1) is 22.7. The molecule has 6 rings (SSSR count). The summed E-state index contributed by atoms with van der Waals surface area (Å²) >= 11 is 1.53. The molecular formula is C25H25N7O3S. The monoisotopic (exact) mass is 503 g/mol. The topological polar surface area (TPSA) is 140 Å². The van der Waals surface area contributed by atoms with E-state index in [1.807, 2.05) is 22.4 Å². The van der Waals surface area contributed by atoms with Crippen molar-refractivity contribution in [3.8, 4) is 21.8 Å². The molecule has 2 fully saturated rings. The number of pyridine rings is 1. The molecule has 3 N–H and O–H groups in total. The van der Waals surface area contributed by atoms with Crippen LogP contribution in [0.15, 0.2) is 36.1 Å². The van der Waals surface area contributed by atoms with Crippen molar-refractivity contribution in [1.82, 2.24) is 29.5 Å². The van der Waals surface area contributed by atoms with Crippen molar-refractivity contribution >= 4 is 34.5 Å². The number of hydrogen-bond donors (Lipinski definition) is 2. The van der Waals surface area contributed by atoms with Gasteiger partial charge >= 0.3 is 0 Å². The molecule has 2 aliphatic rings. The maximum Gasteiger partial charge on any atom is 0.248 e. The van der Waals surface area contributed by atoms with Gasteiger partial charge in [-0.2, -0.15) is 9.61 Å². The number of aliphatic hydroxyl groups excluding tert-OH is 1. The maximum atomic E-state index is 12.7. The lowest BCUT2D eigenvalue weighted by atomic mass is 9.85. The predicted molar refractivity (Wildman–Crippen MR) is 134 cm³/mol. The Morgan fingerprint density at radius 2 is 1.94 bits per heavy atom. The van der Waals surface area contributed by atoms with Crippen molar-refractivity contribution in [3.63, 3.8) is 0 Å². The molecule has 0 spiro atoms. The van der Waals surface area contributed by atoms with Crippen LogP contribution in [0.5, 0.6) is 0 Å². The first-order valence-electron chi connectivity index (χ1n) is 11.9. The highest BCUT2D eigenvalue weighted by molar-refractivity contribution is 7.13. The summed E-state index contributed by atoms with van der Waals surface area (Å²) in [5, 5.41) is 16.6. The number of nitrogen functional groups attached to an aromatic ring is 1. The third kappa shape index (κ3) is 3.58. The normalized spacial score (nSPS) is 21.3. The summed E-state index contributed by atoms with van der Waals surface area (Å²) in [6.07, 6.45) is 8.33. The molecule has 4 aromatic rings.